The van der Waals surface area contributed by atoms with Gasteiger partial charge in [0.1, 0.15) is 0 Å². The molecule has 12 heavy (non-hydrogen) atoms. The van der Waals surface area contributed by atoms with Crippen molar-refractivity contribution >= 4 is 49.8 Å². The Kier molecular flexibility index (Phi) is 6.07. The second-order valence-corrected chi connectivity index (χ2v) is 2.08. The Balaban J connectivity index is -0.000000403. The van der Waals surface area contributed by atoms with Crippen molar-refractivity contribution in [2.45, 2.75) is 0 Å². The van der Waals surface area contributed by atoms with Crippen LogP contribution in [0.3, 0.4) is 0 Å². The SMILES string of the molecule is O=C(O)/C=C/c1ccccc1.[Ca+2].[H-].[H-]. The van der Waals surface area contributed by atoms with Crippen molar-refractivity contribution in [2.75, 3.05) is 0 Å². The van der Waals surface area contributed by atoms with Crippen LogP contribution in [0.4, 0.5) is 0 Å². The summed E-state index contributed by atoms with van der Waals surface area (Å²) in [6.45, 7) is 0. The zero-order valence-corrected chi connectivity index (χ0v) is 8.81. The number of carboxylic acid groups (broad SMARTS) is 1. The van der Waals surface area contributed by atoms with E-state index in [1.807, 2.05) is 30.3 Å². The van der Waals surface area contributed by atoms with Gasteiger partial charge in [0.15, 0.2) is 0 Å². The third-order valence-corrected chi connectivity index (χ3v) is 1.22. The summed E-state index contributed by atoms with van der Waals surface area (Å²) >= 11 is 0. The molecule has 0 aliphatic heterocycles. The minimum Gasteiger partial charge on any atom is -1.00 e. The summed E-state index contributed by atoms with van der Waals surface area (Å²) < 4.78 is 0. The van der Waals surface area contributed by atoms with E-state index in [1.54, 1.807) is 6.08 Å². The maximum atomic E-state index is 10.1. The first kappa shape index (κ1) is 11.7. The Bertz CT molecular complexity index is 275. The molecule has 60 valence electrons. The standard InChI is InChI=1S/C9H8O2.Ca.2H/c10-9(11)7-6-8-4-2-1-3-5-8;;;/h1-7H,(H,10,11);;;/q;+2;2*-1/b7-6+;;;. The normalized spacial score (nSPS) is 9.33. The zero-order chi connectivity index (χ0) is 8.10. The van der Waals surface area contributed by atoms with Crippen molar-refractivity contribution in [3.05, 3.63) is 42.0 Å². The molecule has 0 spiro atoms. The molecule has 0 heterocycles. The maximum Gasteiger partial charge on any atom is 2.00 e. The van der Waals surface area contributed by atoms with Gasteiger partial charge in [-0.05, 0) is 11.6 Å². The topological polar surface area (TPSA) is 37.3 Å². The van der Waals surface area contributed by atoms with E-state index < -0.39 is 5.97 Å². The molecule has 1 rings (SSSR count). The molecule has 0 radical (unpaired) electrons. The summed E-state index contributed by atoms with van der Waals surface area (Å²) in [5.41, 5.74) is 0.898. The van der Waals surface area contributed by atoms with Gasteiger partial charge in [-0.3, -0.25) is 0 Å². The Hall–Kier alpha value is -0.310. The van der Waals surface area contributed by atoms with Crippen LogP contribution in [0, 0.1) is 0 Å². The minimum atomic E-state index is -0.922. The Labute approximate surface area is 104 Å². The molecule has 0 saturated carbocycles. The van der Waals surface area contributed by atoms with E-state index in [-0.39, 0.29) is 40.6 Å². The van der Waals surface area contributed by atoms with Gasteiger partial charge in [0.2, 0.25) is 0 Å². The van der Waals surface area contributed by atoms with Crippen molar-refractivity contribution in [2.24, 2.45) is 0 Å². The molecule has 1 aromatic rings. The van der Waals surface area contributed by atoms with Gasteiger partial charge in [0.05, 0.1) is 0 Å². The van der Waals surface area contributed by atoms with Gasteiger partial charge in [-0.15, -0.1) is 0 Å². The molecular weight excluding hydrogens is 180 g/mol. The summed E-state index contributed by atoms with van der Waals surface area (Å²) in [6.07, 6.45) is 2.68. The molecule has 0 bridgehead atoms. The Morgan fingerprint density at radius 3 is 2.42 bits per heavy atom. The average molecular weight is 190 g/mol. The van der Waals surface area contributed by atoms with Gasteiger partial charge in [0.25, 0.3) is 0 Å². The van der Waals surface area contributed by atoms with Crippen LogP contribution in [0.2, 0.25) is 0 Å². The van der Waals surface area contributed by atoms with Crippen LogP contribution >= 0.6 is 0 Å². The molecule has 1 N–H and O–H groups in total. The van der Waals surface area contributed by atoms with E-state index in [0.717, 1.165) is 11.6 Å². The molecule has 1 aromatic carbocycles. The first-order chi connectivity index (χ1) is 5.29. The number of hydrogen-bond acceptors (Lipinski definition) is 1. The van der Waals surface area contributed by atoms with E-state index in [0.29, 0.717) is 0 Å². The first-order valence-corrected chi connectivity index (χ1v) is 3.25. The number of hydrogen-bond donors (Lipinski definition) is 1. The van der Waals surface area contributed by atoms with Crippen molar-refractivity contribution in [1.29, 1.82) is 0 Å². The zero-order valence-electron chi connectivity index (χ0n) is 8.60. The number of aliphatic carboxylic acids is 1. The summed E-state index contributed by atoms with van der Waals surface area (Å²) in [6, 6.07) is 9.31. The Morgan fingerprint density at radius 2 is 1.92 bits per heavy atom. The van der Waals surface area contributed by atoms with Crippen molar-refractivity contribution in [1.82, 2.24) is 0 Å². The fourth-order valence-electron chi connectivity index (χ4n) is 0.732. The number of carbonyl (C=O) groups is 1. The van der Waals surface area contributed by atoms with Gasteiger partial charge in [0, 0.05) is 6.08 Å². The van der Waals surface area contributed by atoms with Crippen LogP contribution in [0.15, 0.2) is 36.4 Å². The fourth-order valence-corrected chi connectivity index (χ4v) is 0.732. The quantitative estimate of drug-likeness (QED) is 0.568. The van der Waals surface area contributed by atoms with Crippen LogP contribution in [0.5, 0.6) is 0 Å². The van der Waals surface area contributed by atoms with Crippen LogP contribution < -0.4 is 0 Å². The number of carboxylic acids is 1. The second-order valence-electron chi connectivity index (χ2n) is 2.08. The second kappa shape index (κ2) is 6.23. The average Bonchev–Trinajstić information content (AvgIpc) is 2.03. The summed E-state index contributed by atoms with van der Waals surface area (Å²) in [7, 11) is 0. The third kappa shape index (κ3) is 4.54. The largest absolute Gasteiger partial charge is 2.00 e. The monoisotopic (exact) mass is 190 g/mol. The maximum absolute atomic E-state index is 10.1. The van der Waals surface area contributed by atoms with Crippen molar-refractivity contribution in [3.8, 4) is 0 Å². The molecule has 3 heteroatoms. The van der Waals surface area contributed by atoms with E-state index in [2.05, 4.69) is 0 Å². The van der Waals surface area contributed by atoms with Crippen LogP contribution in [-0.2, 0) is 4.79 Å². The van der Waals surface area contributed by atoms with Crippen LogP contribution in [0.1, 0.15) is 8.42 Å². The van der Waals surface area contributed by atoms with Gasteiger partial charge in [-0.1, -0.05) is 30.3 Å². The Morgan fingerprint density at radius 1 is 1.33 bits per heavy atom. The smallest absolute Gasteiger partial charge is 1.00 e. The van der Waals surface area contributed by atoms with Gasteiger partial charge >= 0.3 is 43.7 Å². The number of benzene rings is 1. The van der Waals surface area contributed by atoms with Gasteiger partial charge < -0.3 is 7.96 Å². The van der Waals surface area contributed by atoms with E-state index in [9.17, 15) is 4.79 Å². The molecule has 0 aliphatic rings. The molecule has 0 aromatic heterocycles. The van der Waals surface area contributed by atoms with Gasteiger partial charge in [-0.25, -0.2) is 4.79 Å². The summed E-state index contributed by atoms with van der Waals surface area (Å²) in [5.74, 6) is -0.922. The molecule has 0 saturated heterocycles. The van der Waals surface area contributed by atoms with Crippen molar-refractivity contribution < 1.29 is 12.8 Å². The van der Waals surface area contributed by atoms with Crippen molar-refractivity contribution in [3.63, 3.8) is 0 Å². The minimum absolute atomic E-state index is 0. The molecule has 0 atom stereocenters. The van der Waals surface area contributed by atoms with E-state index in [4.69, 9.17) is 5.11 Å². The molecule has 0 aliphatic carbocycles. The van der Waals surface area contributed by atoms with Crippen LogP contribution in [0.25, 0.3) is 6.08 Å². The summed E-state index contributed by atoms with van der Waals surface area (Å²) in [5, 5.41) is 8.29. The van der Waals surface area contributed by atoms with Gasteiger partial charge in [-0.2, -0.15) is 0 Å². The molecular formula is C9H10CaO2. The summed E-state index contributed by atoms with van der Waals surface area (Å²) in [4.78, 5) is 10.1. The fraction of sp³-hybridized carbons (Fsp3) is 0. The first-order valence-electron chi connectivity index (χ1n) is 3.25. The molecule has 2 nitrogen and oxygen atoms in total. The van der Waals surface area contributed by atoms with E-state index in [1.165, 1.54) is 0 Å². The number of rotatable bonds is 2. The molecule has 0 unspecified atom stereocenters. The predicted octanol–water partition coefficient (Wildman–Crippen LogP) is 1.63. The third-order valence-electron chi connectivity index (χ3n) is 1.22. The predicted molar refractivity (Wildman–Crippen MR) is 51.1 cm³/mol. The molecule has 0 fully saturated rings. The molecule has 0 amide bonds. The van der Waals surface area contributed by atoms with Crippen LogP contribution in [-0.4, -0.2) is 48.8 Å². The van der Waals surface area contributed by atoms with E-state index >= 15 is 0 Å².